The summed E-state index contributed by atoms with van der Waals surface area (Å²) in [6, 6.07) is 0.789. The van der Waals surface area contributed by atoms with Crippen molar-refractivity contribution in [2.45, 2.75) is 63.3 Å². The van der Waals surface area contributed by atoms with Crippen molar-refractivity contribution in [3.8, 4) is 5.75 Å². The van der Waals surface area contributed by atoms with Gasteiger partial charge in [0.1, 0.15) is 11.3 Å². The number of carbonyl (C=O) groups is 1. The van der Waals surface area contributed by atoms with E-state index >= 15 is 4.39 Å². The first kappa shape index (κ1) is 24.7. The third-order valence-corrected chi connectivity index (χ3v) is 6.94. The predicted molar refractivity (Wildman–Crippen MR) is 125 cm³/mol. The highest BCUT2D eigenvalue weighted by Crippen LogP contribution is 2.47. The zero-order chi connectivity index (χ0) is 24.9. The molecule has 0 bridgehead atoms. The van der Waals surface area contributed by atoms with Crippen molar-refractivity contribution in [2.75, 3.05) is 24.6 Å². The first-order valence-corrected chi connectivity index (χ1v) is 11.7. The summed E-state index contributed by atoms with van der Waals surface area (Å²) in [5.74, 6) is -2.23. The van der Waals surface area contributed by atoms with E-state index in [1.165, 1.54) is 4.57 Å². The monoisotopic (exact) mass is 499 g/mol. The number of esters is 1. The summed E-state index contributed by atoms with van der Waals surface area (Å²) in [5, 5.41) is -0.253. The minimum Gasteiger partial charge on any atom is -0.462 e. The van der Waals surface area contributed by atoms with Crippen LogP contribution < -0.4 is 20.8 Å². The highest BCUT2D eigenvalue weighted by Gasteiger charge is 2.38. The van der Waals surface area contributed by atoms with Gasteiger partial charge in [-0.15, -0.1) is 12.6 Å². The van der Waals surface area contributed by atoms with Crippen LogP contribution in [0.15, 0.2) is 15.9 Å². The molecule has 2 aliphatic rings. The number of pyridine rings is 1. The Morgan fingerprint density at radius 1 is 1.32 bits per heavy atom. The van der Waals surface area contributed by atoms with Gasteiger partial charge in [0.15, 0.2) is 11.6 Å². The largest absolute Gasteiger partial charge is 0.462 e. The van der Waals surface area contributed by atoms with E-state index in [4.69, 9.17) is 15.2 Å². The lowest BCUT2D eigenvalue weighted by molar-refractivity contribution is -0.0488. The number of nitrogens with zero attached hydrogens (tertiary/aromatic N) is 2. The van der Waals surface area contributed by atoms with Crippen LogP contribution in [0.5, 0.6) is 5.75 Å². The summed E-state index contributed by atoms with van der Waals surface area (Å²) in [5.41, 5.74) is 4.34. The van der Waals surface area contributed by atoms with E-state index in [-0.39, 0.29) is 45.7 Å². The number of nitrogens with two attached hydrogens (primary N) is 1. The highest BCUT2D eigenvalue weighted by molar-refractivity contribution is 7.80. The van der Waals surface area contributed by atoms with Crippen molar-refractivity contribution < 1.29 is 27.4 Å². The Hall–Kier alpha value is -2.40. The maximum Gasteiger partial charge on any atom is 0.387 e. The van der Waals surface area contributed by atoms with Crippen LogP contribution in [0.4, 0.5) is 18.9 Å². The van der Waals surface area contributed by atoms with Gasteiger partial charge in [0.05, 0.1) is 22.5 Å². The van der Waals surface area contributed by atoms with Gasteiger partial charge in [-0.1, -0.05) is 0 Å². The standard InChI is InChI=1S/C23H28F3N3O4S/c1-4-32-21(31)15-18(30)13-9-14(24)17(28-8-7-11(10-28)23(2,3)27)19(33-22(25)26)16(13)29(20(15)34)12-5-6-12/h9,11-12,22,34H,4-8,10,27H2,1-3H3/t11-/m1/s1. The van der Waals surface area contributed by atoms with Crippen LogP contribution in [-0.4, -0.2) is 42.4 Å². The summed E-state index contributed by atoms with van der Waals surface area (Å²) in [6.07, 6.45) is 2.01. The number of thiol groups is 1. The Kier molecular flexibility index (Phi) is 6.54. The molecule has 34 heavy (non-hydrogen) atoms. The number of fused-ring (bicyclic) bond motifs is 1. The van der Waals surface area contributed by atoms with Crippen LogP contribution in [0.1, 0.15) is 56.4 Å². The van der Waals surface area contributed by atoms with E-state index in [1.807, 2.05) is 13.8 Å². The molecule has 1 saturated heterocycles. The van der Waals surface area contributed by atoms with Gasteiger partial charge < -0.3 is 24.7 Å². The molecule has 1 aromatic carbocycles. The maximum absolute atomic E-state index is 15.5. The minimum absolute atomic E-state index is 0.000693. The second kappa shape index (κ2) is 8.99. The SMILES string of the molecule is CCOC(=O)c1c(S)n(C2CC2)c2c(OC(F)F)c(N3CC[C@@H](C(C)(C)N)C3)c(F)cc2c1=O. The van der Waals surface area contributed by atoms with E-state index in [2.05, 4.69) is 12.6 Å². The van der Waals surface area contributed by atoms with Crippen molar-refractivity contribution in [2.24, 2.45) is 11.7 Å². The van der Waals surface area contributed by atoms with E-state index in [9.17, 15) is 18.4 Å². The van der Waals surface area contributed by atoms with Crippen LogP contribution in [0.2, 0.25) is 0 Å². The van der Waals surface area contributed by atoms with E-state index in [1.54, 1.807) is 11.8 Å². The lowest BCUT2D eigenvalue weighted by Crippen LogP contribution is -2.42. The number of aromatic nitrogens is 1. The Balaban J connectivity index is 2.02. The van der Waals surface area contributed by atoms with Crippen molar-refractivity contribution >= 4 is 35.2 Å². The molecule has 2 aromatic rings. The lowest BCUT2D eigenvalue weighted by Gasteiger charge is -2.29. The predicted octanol–water partition coefficient (Wildman–Crippen LogP) is 4.11. The van der Waals surface area contributed by atoms with E-state index in [0.717, 1.165) is 6.07 Å². The molecule has 2 heterocycles. The molecule has 0 unspecified atom stereocenters. The second-order valence-corrected chi connectivity index (χ2v) is 9.84. The Morgan fingerprint density at radius 3 is 2.53 bits per heavy atom. The highest BCUT2D eigenvalue weighted by atomic mass is 32.1. The van der Waals surface area contributed by atoms with E-state index < -0.39 is 35.1 Å². The van der Waals surface area contributed by atoms with Gasteiger partial charge in [0.25, 0.3) is 0 Å². The number of hydrogen-bond acceptors (Lipinski definition) is 7. The number of rotatable bonds is 7. The number of ether oxygens (including phenoxy) is 2. The van der Waals surface area contributed by atoms with Gasteiger partial charge in [-0.3, -0.25) is 4.79 Å². The van der Waals surface area contributed by atoms with Gasteiger partial charge in [-0.05, 0) is 52.0 Å². The van der Waals surface area contributed by atoms with Crippen LogP contribution in [0.3, 0.4) is 0 Å². The van der Waals surface area contributed by atoms with Crippen LogP contribution >= 0.6 is 12.6 Å². The van der Waals surface area contributed by atoms with Gasteiger partial charge >= 0.3 is 12.6 Å². The first-order valence-electron chi connectivity index (χ1n) is 11.2. The number of benzene rings is 1. The van der Waals surface area contributed by atoms with Crippen molar-refractivity contribution in [3.05, 3.63) is 27.7 Å². The number of anilines is 1. The summed E-state index contributed by atoms with van der Waals surface area (Å²) in [6.45, 7) is 2.80. The molecule has 4 rings (SSSR count). The molecular weight excluding hydrogens is 471 g/mol. The lowest BCUT2D eigenvalue weighted by atomic mass is 9.88. The minimum atomic E-state index is -3.26. The second-order valence-electron chi connectivity index (χ2n) is 9.41. The zero-order valence-electron chi connectivity index (χ0n) is 19.2. The molecule has 1 aliphatic carbocycles. The fraction of sp³-hybridized carbons (Fsp3) is 0.565. The molecule has 0 amide bonds. The summed E-state index contributed by atoms with van der Waals surface area (Å²) in [4.78, 5) is 27.4. The molecule has 2 N–H and O–H groups in total. The van der Waals surface area contributed by atoms with Crippen LogP contribution in [0, 0.1) is 11.7 Å². The van der Waals surface area contributed by atoms with Gasteiger partial charge in [0.2, 0.25) is 5.43 Å². The Labute approximate surface area is 200 Å². The summed E-state index contributed by atoms with van der Waals surface area (Å²) >= 11 is 4.42. The molecule has 1 atom stereocenters. The van der Waals surface area contributed by atoms with Crippen molar-refractivity contribution in [1.82, 2.24) is 4.57 Å². The molecule has 1 saturated carbocycles. The first-order chi connectivity index (χ1) is 16.0. The summed E-state index contributed by atoms with van der Waals surface area (Å²) < 4.78 is 54.2. The number of alkyl halides is 2. The third kappa shape index (κ3) is 4.35. The maximum atomic E-state index is 15.5. The number of carbonyl (C=O) groups excluding carboxylic acids is 1. The van der Waals surface area contributed by atoms with Gasteiger partial charge in [-0.25, -0.2) is 9.18 Å². The topological polar surface area (TPSA) is 86.8 Å². The van der Waals surface area contributed by atoms with Crippen LogP contribution in [0.25, 0.3) is 10.9 Å². The van der Waals surface area contributed by atoms with E-state index in [0.29, 0.717) is 32.4 Å². The molecule has 186 valence electrons. The molecule has 0 spiro atoms. The van der Waals surface area contributed by atoms with Gasteiger partial charge in [0, 0.05) is 24.7 Å². The van der Waals surface area contributed by atoms with Crippen molar-refractivity contribution in [3.63, 3.8) is 0 Å². The molecule has 7 nitrogen and oxygen atoms in total. The average Bonchev–Trinajstić information content (AvgIpc) is 3.43. The van der Waals surface area contributed by atoms with Crippen LogP contribution in [-0.2, 0) is 4.74 Å². The number of hydrogen-bond donors (Lipinski definition) is 2. The molecule has 0 radical (unpaired) electrons. The molecular formula is C23H28F3N3O4S. The molecule has 1 aliphatic heterocycles. The smallest absolute Gasteiger partial charge is 0.387 e. The Bertz CT molecular complexity index is 1190. The fourth-order valence-electron chi connectivity index (χ4n) is 4.62. The molecule has 2 fully saturated rings. The van der Waals surface area contributed by atoms with Crippen molar-refractivity contribution in [1.29, 1.82) is 0 Å². The van der Waals surface area contributed by atoms with Gasteiger partial charge in [-0.2, -0.15) is 8.78 Å². The molecule has 11 heteroatoms. The fourth-order valence-corrected chi connectivity index (χ4v) is 5.08. The zero-order valence-corrected chi connectivity index (χ0v) is 20.1. The summed E-state index contributed by atoms with van der Waals surface area (Å²) in [7, 11) is 0. The quantitative estimate of drug-likeness (QED) is 0.441. The average molecular weight is 500 g/mol. The Morgan fingerprint density at radius 2 is 2.00 bits per heavy atom. The normalized spacial score (nSPS) is 18.7. The molecule has 1 aromatic heterocycles. The number of halogens is 3. The third-order valence-electron chi connectivity index (χ3n) is 6.50.